The Kier molecular flexibility index (Phi) is 4.17. The highest BCUT2D eigenvalue weighted by atomic mass is 19.2. The van der Waals surface area contributed by atoms with Crippen LogP contribution in [0, 0.1) is 18.6 Å². The summed E-state index contributed by atoms with van der Waals surface area (Å²) in [7, 11) is 0. The predicted molar refractivity (Wildman–Crippen MR) is 113 cm³/mol. The molecule has 0 bridgehead atoms. The smallest absolute Gasteiger partial charge is 0.264 e. The lowest BCUT2D eigenvalue weighted by atomic mass is 10.0. The maximum Gasteiger partial charge on any atom is 0.264 e. The minimum atomic E-state index is -1.06. The first-order valence-corrected chi connectivity index (χ1v) is 9.50. The van der Waals surface area contributed by atoms with Crippen LogP contribution < -0.4 is 0 Å². The van der Waals surface area contributed by atoms with Crippen LogP contribution in [0.1, 0.15) is 15.9 Å². The Morgan fingerprint density at radius 2 is 1.67 bits per heavy atom. The number of imidazole rings is 1. The van der Waals surface area contributed by atoms with Crippen molar-refractivity contribution in [3.63, 3.8) is 0 Å². The molecule has 0 unspecified atom stereocenters. The molecule has 0 amide bonds. The van der Waals surface area contributed by atoms with Crippen molar-refractivity contribution in [1.29, 1.82) is 0 Å². The van der Waals surface area contributed by atoms with E-state index in [1.807, 2.05) is 67.6 Å². The highest BCUT2D eigenvalue weighted by Gasteiger charge is 2.22. The monoisotopic (exact) mass is 398 g/mol. The molecule has 30 heavy (non-hydrogen) atoms. The quantitative estimate of drug-likeness (QED) is 0.358. The fourth-order valence-electron chi connectivity index (χ4n) is 3.76. The van der Waals surface area contributed by atoms with Crippen LogP contribution in [0.15, 0.2) is 78.9 Å². The van der Waals surface area contributed by atoms with E-state index in [1.54, 1.807) is 0 Å². The number of aryl methyl sites for hydroxylation is 1. The molecule has 0 radical (unpaired) electrons. The van der Waals surface area contributed by atoms with Gasteiger partial charge in [-0.3, -0.25) is 9.36 Å². The third kappa shape index (κ3) is 2.87. The van der Waals surface area contributed by atoms with Crippen LogP contribution in [0.25, 0.3) is 33.2 Å². The van der Waals surface area contributed by atoms with E-state index in [9.17, 15) is 13.6 Å². The van der Waals surface area contributed by atoms with Crippen molar-refractivity contribution < 1.29 is 13.6 Å². The molecule has 0 aliphatic rings. The number of aromatic nitrogens is 2. The van der Waals surface area contributed by atoms with Gasteiger partial charge in [-0.05, 0) is 53.6 Å². The molecule has 5 aromatic rings. The van der Waals surface area contributed by atoms with Gasteiger partial charge in [-0.15, -0.1) is 0 Å². The Morgan fingerprint density at radius 3 is 2.50 bits per heavy atom. The average Bonchev–Trinajstić information content (AvgIpc) is 3.13. The van der Waals surface area contributed by atoms with E-state index in [-0.39, 0.29) is 5.56 Å². The zero-order valence-corrected chi connectivity index (χ0v) is 16.1. The summed E-state index contributed by atoms with van der Waals surface area (Å²) < 4.78 is 28.7. The Hall–Kier alpha value is -3.86. The normalized spacial score (nSPS) is 11.3. The third-order valence-electron chi connectivity index (χ3n) is 5.21. The van der Waals surface area contributed by atoms with Gasteiger partial charge in [0.15, 0.2) is 11.6 Å². The van der Waals surface area contributed by atoms with E-state index >= 15 is 0 Å². The Bertz CT molecular complexity index is 1450. The van der Waals surface area contributed by atoms with Crippen LogP contribution in [-0.2, 0) is 0 Å². The molecule has 1 aromatic heterocycles. The summed E-state index contributed by atoms with van der Waals surface area (Å²) >= 11 is 0. The standard InChI is InChI=1S/C25H16F2N2O/c1-15-9-12-23-22(13-15)28-24(19-8-4-6-16-5-2-3-7-18(16)19)29(23)25(30)17-10-11-20(26)21(27)14-17/h2-14H,1H3. The van der Waals surface area contributed by atoms with E-state index < -0.39 is 17.5 Å². The van der Waals surface area contributed by atoms with Crippen LogP contribution in [0.2, 0.25) is 0 Å². The molecule has 5 heteroatoms. The van der Waals surface area contributed by atoms with Crippen LogP contribution in [0.4, 0.5) is 8.78 Å². The maximum absolute atomic E-state index is 13.8. The van der Waals surface area contributed by atoms with Gasteiger partial charge in [0.05, 0.1) is 11.0 Å². The highest BCUT2D eigenvalue weighted by molar-refractivity contribution is 6.06. The summed E-state index contributed by atoms with van der Waals surface area (Å²) in [5.74, 6) is -2.06. The van der Waals surface area contributed by atoms with Gasteiger partial charge in [-0.1, -0.05) is 48.5 Å². The molecule has 0 aliphatic carbocycles. The van der Waals surface area contributed by atoms with Crippen molar-refractivity contribution in [3.8, 4) is 11.4 Å². The van der Waals surface area contributed by atoms with Crippen molar-refractivity contribution in [2.45, 2.75) is 6.92 Å². The topological polar surface area (TPSA) is 34.9 Å². The lowest BCUT2D eigenvalue weighted by molar-refractivity contribution is 0.0965. The van der Waals surface area contributed by atoms with Gasteiger partial charge in [0.25, 0.3) is 5.91 Å². The summed E-state index contributed by atoms with van der Waals surface area (Å²) in [6.45, 7) is 1.95. The number of carbonyl (C=O) groups is 1. The predicted octanol–water partition coefficient (Wildman–Crippen LogP) is 6.13. The molecule has 0 N–H and O–H groups in total. The molecular weight excluding hydrogens is 382 g/mol. The molecule has 146 valence electrons. The second-order valence-electron chi connectivity index (χ2n) is 7.22. The van der Waals surface area contributed by atoms with Crippen molar-refractivity contribution in [1.82, 2.24) is 9.55 Å². The van der Waals surface area contributed by atoms with Gasteiger partial charge in [0, 0.05) is 11.1 Å². The molecule has 0 atom stereocenters. The number of hydrogen-bond acceptors (Lipinski definition) is 2. The van der Waals surface area contributed by atoms with Gasteiger partial charge < -0.3 is 0 Å². The van der Waals surface area contributed by atoms with Gasteiger partial charge in [0.2, 0.25) is 0 Å². The van der Waals surface area contributed by atoms with Crippen LogP contribution in [0.5, 0.6) is 0 Å². The Labute approximate surface area is 171 Å². The van der Waals surface area contributed by atoms with Crippen molar-refractivity contribution in [2.24, 2.45) is 0 Å². The van der Waals surface area contributed by atoms with Crippen LogP contribution in [0.3, 0.4) is 0 Å². The summed E-state index contributed by atoms with van der Waals surface area (Å²) in [5.41, 5.74) is 3.12. The molecule has 0 aliphatic heterocycles. The first-order valence-electron chi connectivity index (χ1n) is 9.50. The van der Waals surface area contributed by atoms with E-state index in [0.29, 0.717) is 16.9 Å². The number of benzene rings is 4. The number of rotatable bonds is 2. The van der Waals surface area contributed by atoms with Gasteiger partial charge in [-0.2, -0.15) is 0 Å². The fourth-order valence-corrected chi connectivity index (χ4v) is 3.76. The molecule has 0 saturated carbocycles. The molecule has 5 rings (SSSR count). The van der Waals surface area contributed by atoms with E-state index in [4.69, 9.17) is 4.98 Å². The number of fused-ring (bicyclic) bond motifs is 2. The van der Waals surface area contributed by atoms with Crippen molar-refractivity contribution in [2.75, 3.05) is 0 Å². The number of hydrogen-bond donors (Lipinski definition) is 0. The summed E-state index contributed by atoms with van der Waals surface area (Å²) in [6, 6.07) is 22.4. The molecular formula is C25H16F2N2O. The second kappa shape index (κ2) is 6.88. The summed E-state index contributed by atoms with van der Waals surface area (Å²) in [5, 5.41) is 1.97. The molecule has 1 heterocycles. The van der Waals surface area contributed by atoms with E-state index in [1.165, 1.54) is 10.6 Å². The largest absolute Gasteiger partial charge is 0.268 e. The summed E-state index contributed by atoms with van der Waals surface area (Å²) in [6.07, 6.45) is 0. The van der Waals surface area contributed by atoms with Crippen molar-refractivity contribution in [3.05, 3.63) is 102 Å². The molecule has 0 saturated heterocycles. The fraction of sp³-hybridized carbons (Fsp3) is 0.0400. The second-order valence-corrected chi connectivity index (χ2v) is 7.22. The zero-order valence-electron chi connectivity index (χ0n) is 16.1. The third-order valence-corrected chi connectivity index (χ3v) is 5.21. The van der Waals surface area contributed by atoms with Crippen LogP contribution >= 0.6 is 0 Å². The molecule has 4 aromatic carbocycles. The van der Waals surface area contributed by atoms with Gasteiger partial charge >= 0.3 is 0 Å². The van der Waals surface area contributed by atoms with Gasteiger partial charge in [-0.25, -0.2) is 13.8 Å². The van der Waals surface area contributed by atoms with Gasteiger partial charge in [0.1, 0.15) is 5.82 Å². The first kappa shape index (κ1) is 18.2. The summed E-state index contributed by atoms with van der Waals surface area (Å²) in [4.78, 5) is 18.2. The minimum Gasteiger partial charge on any atom is -0.268 e. The first-order chi connectivity index (χ1) is 14.5. The molecule has 0 spiro atoms. The number of carbonyl (C=O) groups excluding carboxylic acids is 1. The lowest BCUT2D eigenvalue weighted by Gasteiger charge is -2.11. The number of nitrogens with zero attached hydrogens (tertiary/aromatic N) is 2. The van der Waals surface area contributed by atoms with Crippen LogP contribution in [-0.4, -0.2) is 15.5 Å². The highest BCUT2D eigenvalue weighted by Crippen LogP contribution is 2.32. The van der Waals surface area contributed by atoms with E-state index in [2.05, 4.69) is 0 Å². The molecule has 0 fully saturated rings. The Balaban J connectivity index is 1.82. The minimum absolute atomic E-state index is 0.0512. The van der Waals surface area contributed by atoms with Crippen molar-refractivity contribution >= 4 is 27.7 Å². The van der Waals surface area contributed by atoms with E-state index in [0.717, 1.165) is 34.0 Å². The lowest BCUT2D eigenvalue weighted by Crippen LogP contribution is -2.14. The SMILES string of the molecule is Cc1ccc2c(c1)nc(-c1cccc3ccccc13)n2C(=O)c1ccc(F)c(F)c1. The maximum atomic E-state index is 13.8. The number of halogens is 2. The molecule has 3 nitrogen and oxygen atoms in total. The Morgan fingerprint density at radius 1 is 0.867 bits per heavy atom. The zero-order chi connectivity index (χ0) is 20.8. The average molecular weight is 398 g/mol.